The van der Waals surface area contributed by atoms with Gasteiger partial charge in [-0.25, -0.2) is 0 Å². The monoisotopic (exact) mass is 291 g/mol. The zero-order chi connectivity index (χ0) is 15.1. The Bertz CT molecular complexity index is 540. The molecule has 0 radical (unpaired) electrons. The molecule has 0 aromatic heterocycles. The van der Waals surface area contributed by atoms with Crippen LogP contribution in [0.2, 0.25) is 0 Å². The van der Waals surface area contributed by atoms with Gasteiger partial charge in [0.1, 0.15) is 6.10 Å². The largest absolute Gasteiger partial charge is 0.390 e. The van der Waals surface area contributed by atoms with E-state index >= 15 is 0 Å². The number of imide groups is 1. The fraction of sp³-hybridized carbons (Fsp3) is 0.467. The molecule has 0 spiro atoms. The molecule has 6 nitrogen and oxygen atoms in total. The summed E-state index contributed by atoms with van der Waals surface area (Å²) in [5.41, 5.74) is 0.791. The first-order chi connectivity index (χ1) is 9.99. The lowest BCUT2D eigenvalue weighted by molar-refractivity contribution is -0.163. The van der Waals surface area contributed by atoms with E-state index in [9.17, 15) is 19.8 Å². The van der Waals surface area contributed by atoms with Crippen molar-refractivity contribution in [3.8, 4) is 0 Å². The van der Waals surface area contributed by atoms with E-state index in [4.69, 9.17) is 4.74 Å². The van der Waals surface area contributed by atoms with Gasteiger partial charge in [0.2, 0.25) is 0 Å². The second-order valence-corrected chi connectivity index (χ2v) is 5.52. The molecule has 2 amide bonds. The van der Waals surface area contributed by atoms with E-state index in [1.165, 1.54) is 0 Å². The Labute approximate surface area is 121 Å². The SMILES string of the molecule is C[C@H]1O[C@@H](CN2C(=O)c3ccccc3C2=O)C[C@H](O)[C@H]1O. The molecule has 0 saturated carbocycles. The Morgan fingerprint density at radius 2 is 1.76 bits per heavy atom. The minimum Gasteiger partial charge on any atom is -0.390 e. The van der Waals surface area contributed by atoms with E-state index in [0.29, 0.717) is 11.1 Å². The normalized spacial score (nSPS) is 32.4. The molecule has 3 rings (SSSR count). The summed E-state index contributed by atoms with van der Waals surface area (Å²) in [5, 5.41) is 19.4. The van der Waals surface area contributed by atoms with Crippen molar-refractivity contribution in [1.82, 2.24) is 4.90 Å². The Morgan fingerprint density at radius 3 is 2.29 bits per heavy atom. The molecular formula is C15H17NO5. The number of fused-ring (bicyclic) bond motifs is 1. The van der Waals surface area contributed by atoms with Crippen LogP contribution in [0.3, 0.4) is 0 Å². The lowest BCUT2D eigenvalue weighted by Gasteiger charge is -2.36. The summed E-state index contributed by atoms with van der Waals surface area (Å²) in [6.45, 7) is 1.74. The van der Waals surface area contributed by atoms with Crippen molar-refractivity contribution in [3.05, 3.63) is 35.4 Å². The number of hydrogen-bond acceptors (Lipinski definition) is 5. The summed E-state index contributed by atoms with van der Waals surface area (Å²) in [5.74, 6) is -0.681. The predicted molar refractivity (Wildman–Crippen MR) is 72.8 cm³/mol. The molecule has 21 heavy (non-hydrogen) atoms. The van der Waals surface area contributed by atoms with Gasteiger partial charge < -0.3 is 14.9 Å². The average molecular weight is 291 g/mol. The molecule has 1 aromatic rings. The molecule has 2 heterocycles. The number of rotatable bonds is 2. The van der Waals surface area contributed by atoms with Crippen LogP contribution in [-0.2, 0) is 4.74 Å². The van der Waals surface area contributed by atoms with E-state index < -0.39 is 24.4 Å². The summed E-state index contributed by atoms with van der Waals surface area (Å²) in [4.78, 5) is 25.6. The second-order valence-electron chi connectivity index (χ2n) is 5.52. The van der Waals surface area contributed by atoms with Gasteiger partial charge in [0.05, 0.1) is 36.0 Å². The summed E-state index contributed by atoms with van der Waals surface area (Å²) < 4.78 is 5.57. The van der Waals surface area contributed by atoms with Crippen LogP contribution in [0.5, 0.6) is 0 Å². The third kappa shape index (κ3) is 2.35. The maximum atomic E-state index is 12.2. The highest BCUT2D eigenvalue weighted by molar-refractivity contribution is 6.21. The Morgan fingerprint density at radius 1 is 1.19 bits per heavy atom. The van der Waals surface area contributed by atoms with Crippen LogP contribution >= 0.6 is 0 Å². The molecule has 1 saturated heterocycles. The van der Waals surface area contributed by atoms with Gasteiger partial charge in [-0.3, -0.25) is 14.5 Å². The standard InChI is InChI=1S/C15H17NO5/c1-8-13(18)12(17)6-9(21-8)7-16-14(19)10-4-2-3-5-11(10)15(16)20/h2-5,8-9,12-13,17-18H,6-7H2,1H3/t8-,9-,12+,13+/m1/s1. The van der Waals surface area contributed by atoms with Crippen molar-refractivity contribution < 1.29 is 24.5 Å². The van der Waals surface area contributed by atoms with Crippen molar-refractivity contribution in [2.75, 3.05) is 6.54 Å². The number of nitrogens with zero attached hydrogens (tertiary/aromatic N) is 1. The molecule has 1 aromatic carbocycles. The number of carbonyl (C=O) groups excluding carboxylic acids is 2. The highest BCUT2D eigenvalue weighted by Gasteiger charge is 2.40. The average Bonchev–Trinajstić information content (AvgIpc) is 2.70. The second kappa shape index (κ2) is 5.22. The Hall–Kier alpha value is -1.76. The van der Waals surface area contributed by atoms with Gasteiger partial charge in [-0.1, -0.05) is 12.1 Å². The zero-order valence-electron chi connectivity index (χ0n) is 11.6. The van der Waals surface area contributed by atoms with Gasteiger partial charge in [0.15, 0.2) is 0 Å². The number of hydrogen-bond donors (Lipinski definition) is 2. The maximum Gasteiger partial charge on any atom is 0.261 e. The van der Waals surface area contributed by atoms with Gasteiger partial charge in [-0.2, -0.15) is 0 Å². The van der Waals surface area contributed by atoms with Gasteiger partial charge in [0.25, 0.3) is 11.8 Å². The van der Waals surface area contributed by atoms with Gasteiger partial charge in [0, 0.05) is 6.42 Å². The lowest BCUT2D eigenvalue weighted by atomic mass is 9.98. The van der Waals surface area contributed by atoms with Gasteiger partial charge in [-0.05, 0) is 19.1 Å². The van der Waals surface area contributed by atoms with Crippen molar-refractivity contribution in [1.29, 1.82) is 0 Å². The number of benzene rings is 1. The number of ether oxygens (including phenoxy) is 1. The molecule has 112 valence electrons. The molecule has 0 unspecified atom stereocenters. The smallest absolute Gasteiger partial charge is 0.261 e. The molecule has 2 N–H and O–H groups in total. The summed E-state index contributed by atoms with van der Waals surface area (Å²) in [7, 11) is 0. The van der Waals surface area contributed by atoms with Crippen molar-refractivity contribution in [3.63, 3.8) is 0 Å². The third-order valence-corrected chi connectivity index (χ3v) is 4.05. The van der Waals surface area contributed by atoms with Gasteiger partial charge in [-0.15, -0.1) is 0 Å². The summed E-state index contributed by atoms with van der Waals surface area (Å²) in [6.07, 6.45) is -2.66. The Balaban J connectivity index is 1.75. The van der Waals surface area contributed by atoms with Crippen LogP contribution in [0.25, 0.3) is 0 Å². The number of carbonyl (C=O) groups is 2. The first-order valence-electron chi connectivity index (χ1n) is 6.96. The molecule has 6 heteroatoms. The summed E-state index contributed by atoms with van der Waals surface area (Å²) in [6, 6.07) is 6.68. The molecule has 2 aliphatic heterocycles. The van der Waals surface area contributed by atoms with E-state index in [1.54, 1.807) is 31.2 Å². The van der Waals surface area contributed by atoms with Crippen LogP contribution in [-0.4, -0.2) is 57.9 Å². The molecule has 0 aliphatic carbocycles. The van der Waals surface area contributed by atoms with E-state index in [-0.39, 0.29) is 24.8 Å². The quantitative estimate of drug-likeness (QED) is 0.759. The Kier molecular flexibility index (Phi) is 3.52. The molecule has 1 fully saturated rings. The predicted octanol–water partition coefficient (Wildman–Crippen LogP) is 0.182. The summed E-state index contributed by atoms with van der Waals surface area (Å²) >= 11 is 0. The van der Waals surface area contributed by atoms with Crippen LogP contribution in [0.1, 0.15) is 34.1 Å². The zero-order valence-corrected chi connectivity index (χ0v) is 11.6. The first kappa shape index (κ1) is 14.2. The number of aliphatic hydroxyl groups excluding tert-OH is 2. The molecular weight excluding hydrogens is 274 g/mol. The van der Waals surface area contributed by atoms with Crippen LogP contribution < -0.4 is 0 Å². The molecule has 4 atom stereocenters. The van der Waals surface area contributed by atoms with E-state index in [2.05, 4.69) is 0 Å². The minimum absolute atomic E-state index is 0.0838. The maximum absolute atomic E-state index is 12.2. The van der Waals surface area contributed by atoms with Crippen LogP contribution in [0.15, 0.2) is 24.3 Å². The fourth-order valence-electron chi connectivity index (χ4n) is 2.89. The number of aliphatic hydroxyl groups is 2. The van der Waals surface area contributed by atoms with Crippen LogP contribution in [0.4, 0.5) is 0 Å². The highest BCUT2D eigenvalue weighted by atomic mass is 16.5. The topological polar surface area (TPSA) is 87.1 Å². The van der Waals surface area contributed by atoms with Gasteiger partial charge >= 0.3 is 0 Å². The lowest BCUT2D eigenvalue weighted by Crippen LogP contribution is -2.50. The van der Waals surface area contributed by atoms with Crippen molar-refractivity contribution in [2.24, 2.45) is 0 Å². The van der Waals surface area contributed by atoms with Crippen molar-refractivity contribution >= 4 is 11.8 Å². The molecule has 0 bridgehead atoms. The van der Waals surface area contributed by atoms with Crippen LogP contribution in [0, 0.1) is 0 Å². The van der Waals surface area contributed by atoms with E-state index in [1.807, 2.05) is 0 Å². The first-order valence-corrected chi connectivity index (χ1v) is 6.96. The van der Waals surface area contributed by atoms with E-state index in [0.717, 1.165) is 4.90 Å². The number of amides is 2. The fourth-order valence-corrected chi connectivity index (χ4v) is 2.89. The molecule has 2 aliphatic rings. The highest BCUT2D eigenvalue weighted by Crippen LogP contribution is 2.26. The third-order valence-electron chi connectivity index (χ3n) is 4.05. The minimum atomic E-state index is -0.941. The van der Waals surface area contributed by atoms with Crippen molar-refractivity contribution in [2.45, 2.75) is 37.8 Å².